The van der Waals surface area contributed by atoms with Crippen molar-refractivity contribution in [3.63, 3.8) is 0 Å². The first-order valence-corrected chi connectivity index (χ1v) is 7.12. The highest BCUT2D eigenvalue weighted by Gasteiger charge is 2.22. The molecule has 2 N–H and O–H groups in total. The standard InChI is InChI=1S/C14H24N4/c1-2-5-12-10-14(17-11-16-12)18-9-4-3-6-13(18)7-8-15/h10-11,13H,2-9,15H2,1H3. The van der Waals surface area contributed by atoms with Crippen LogP contribution in [0.25, 0.3) is 0 Å². The van der Waals surface area contributed by atoms with Crippen LogP contribution in [0.15, 0.2) is 12.4 Å². The van der Waals surface area contributed by atoms with Crippen molar-refractivity contribution >= 4 is 5.82 Å². The van der Waals surface area contributed by atoms with E-state index < -0.39 is 0 Å². The van der Waals surface area contributed by atoms with Crippen LogP contribution in [0.5, 0.6) is 0 Å². The highest BCUT2D eigenvalue weighted by Crippen LogP contribution is 2.25. The van der Waals surface area contributed by atoms with Gasteiger partial charge >= 0.3 is 0 Å². The summed E-state index contributed by atoms with van der Waals surface area (Å²) in [5.74, 6) is 1.09. The van der Waals surface area contributed by atoms with E-state index in [4.69, 9.17) is 5.73 Å². The van der Waals surface area contributed by atoms with E-state index >= 15 is 0 Å². The molecule has 100 valence electrons. The number of hydrogen-bond acceptors (Lipinski definition) is 4. The van der Waals surface area contributed by atoms with Gasteiger partial charge in [0.1, 0.15) is 12.1 Å². The fraction of sp³-hybridized carbons (Fsp3) is 0.714. The number of aryl methyl sites for hydroxylation is 1. The lowest BCUT2D eigenvalue weighted by Crippen LogP contribution is -2.41. The average molecular weight is 248 g/mol. The second-order valence-electron chi connectivity index (χ2n) is 5.04. The Morgan fingerprint density at radius 3 is 3.06 bits per heavy atom. The second-order valence-corrected chi connectivity index (χ2v) is 5.04. The summed E-state index contributed by atoms with van der Waals surface area (Å²) in [5.41, 5.74) is 6.87. The van der Waals surface area contributed by atoms with E-state index in [0.717, 1.165) is 43.9 Å². The van der Waals surface area contributed by atoms with Crippen LogP contribution in [-0.2, 0) is 6.42 Å². The van der Waals surface area contributed by atoms with Gasteiger partial charge in [0, 0.05) is 24.3 Å². The number of aromatic nitrogens is 2. The zero-order valence-electron chi connectivity index (χ0n) is 11.3. The van der Waals surface area contributed by atoms with Crippen molar-refractivity contribution in [1.29, 1.82) is 0 Å². The summed E-state index contributed by atoms with van der Waals surface area (Å²) < 4.78 is 0. The molecule has 0 spiro atoms. The molecule has 0 radical (unpaired) electrons. The van der Waals surface area contributed by atoms with E-state index in [0.29, 0.717) is 6.04 Å². The quantitative estimate of drug-likeness (QED) is 0.867. The highest BCUT2D eigenvalue weighted by molar-refractivity contribution is 5.40. The van der Waals surface area contributed by atoms with Gasteiger partial charge in [-0.2, -0.15) is 0 Å². The molecule has 0 aromatic carbocycles. The molecule has 4 heteroatoms. The molecule has 1 saturated heterocycles. The highest BCUT2D eigenvalue weighted by atomic mass is 15.2. The smallest absolute Gasteiger partial charge is 0.132 e. The van der Waals surface area contributed by atoms with Gasteiger partial charge in [-0.25, -0.2) is 9.97 Å². The van der Waals surface area contributed by atoms with Crippen LogP contribution < -0.4 is 10.6 Å². The van der Waals surface area contributed by atoms with E-state index in [1.807, 2.05) is 0 Å². The molecule has 0 bridgehead atoms. The third kappa shape index (κ3) is 3.19. The van der Waals surface area contributed by atoms with Gasteiger partial charge in [0.15, 0.2) is 0 Å². The monoisotopic (exact) mass is 248 g/mol. The fourth-order valence-electron chi connectivity index (χ4n) is 2.73. The Morgan fingerprint density at radius 2 is 2.28 bits per heavy atom. The van der Waals surface area contributed by atoms with Gasteiger partial charge in [0.2, 0.25) is 0 Å². The van der Waals surface area contributed by atoms with Crippen molar-refractivity contribution < 1.29 is 0 Å². The summed E-state index contributed by atoms with van der Waals surface area (Å²) in [7, 11) is 0. The van der Waals surface area contributed by atoms with Crippen LogP contribution in [-0.4, -0.2) is 29.1 Å². The van der Waals surface area contributed by atoms with Gasteiger partial charge < -0.3 is 10.6 Å². The van der Waals surface area contributed by atoms with Gasteiger partial charge in [-0.1, -0.05) is 13.3 Å². The van der Waals surface area contributed by atoms with E-state index in [2.05, 4.69) is 27.9 Å². The van der Waals surface area contributed by atoms with Crippen LogP contribution in [0.4, 0.5) is 5.82 Å². The minimum atomic E-state index is 0.563. The zero-order valence-corrected chi connectivity index (χ0v) is 11.3. The number of anilines is 1. The maximum atomic E-state index is 5.72. The largest absolute Gasteiger partial charge is 0.353 e. The normalized spacial score (nSPS) is 20.1. The number of piperidine rings is 1. The number of rotatable bonds is 5. The molecule has 2 rings (SSSR count). The van der Waals surface area contributed by atoms with Crippen molar-refractivity contribution in [3.05, 3.63) is 18.1 Å². The predicted molar refractivity (Wildman–Crippen MR) is 74.7 cm³/mol. The lowest BCUT2D eigenvalue weighted by atomic mass is 9.99. The fourth-order valence-corrected chi connectivity index (χ4v) is 2.73. The maximum Gasteiger partial charge on any atom is 0.132 e. The minimum absolute atomic E-state index is 0.563. The van der Waals surface area contributed by atoms with Crippen LogP contribution in [0.1, 0.15) is 44.7 Å². The van der Waals surface area contributed by atoms with Gasteiger partial charge in [-0.3, -0.25) is 0 Å². The lowest BCUT2D eigenvalue weighted by Gasteiger charge is -2.36. The molecule has 1 aromatic heterocycles. The molecule has 1 aliphatic heterocycles. The summed E-state index contributed by atoms with van der Waals surface area (Å²) in [6, 6.07) is 2.71. The van der Waals surface area contributed by atoms with Crippen LogP contribution in [0, 0.1) is 0 Å². The van der Waals surface area contributed by atoms with Gasteiger partial charge in [-0.05, 0) is 38.6 Å². The van der Waals surface area contributed by atoms with Crippen LogP contribution in [0.3, 0.4) is 0 Å². The van der Waals surface area contributed by atoms with E-state index in [1.165, 1.54) is 19.3 Å². The third-order valence-corrected chi connectivity index (χ3v) is 3.64. The lowest BCUT2D eigenvalue weighted by molar-refractivity contribution is 0.438. The Kier molecular flexibility index (Phi) is 4.93. The zero-order chi connectivity index (χ0) is 12.8. The summed E-state index contributed by atoms with van der Waals surface area (Å²) in [5, 5.41) is 0. The number of hydrogen-bond donors (Lipinski definition) is 1. The summed E-state index contributed by atoms with van der Waals surface area (Å²) >= 11 is 0. The first-order valence-electron chi connectivity index (χ1n) is 7.12. The average Bonchev–Trinajstić information content (AvgIpc) is 2.40. The Hall–Kier alpha value is -1.16. The molecule has 4 nitrogen and oxygen atoms in total. The predicted octanol–water partition coefficient (Wildman–Crippen LogP) is 2.14. The first-order chi connectivity index (χ1) is 8.85. The SMILES string of the molecule is CCCc1cc(N2CCCCC2CCN)ncn1. The van der Waals surface area contributed by atoms with E-state index in [9.17, 15) is 0 Å². The van der Waals surface area contributed by atoms with E-state index in [1.54, 1.807) is 6.33 Å². The van der Waals surface area contributed by atoms with Crippen molar-refractivity contribution in [2.45, 2.75) is 51.5 Å². The summed E-state index contributed by atoms with van der Waals surface area (Å²) in [6.07, 6.45) is 8.74. The molecule has 2 heterocycles. The molecular formula is C14H24N4. The molecule has 1 aromatic rings. The topological polar surface area (TPSA) is 55.0 Å². The number of nitrogens with two attached hydrogens (primary N) is 1. The Labute approximate surface area is 110 Å². The molecule has 1 unspecified atom stereocenters. The Morgan fingerprint density at radius 1 is 1.39 bits per heavy atom. The maximum absolute atomic E-state index is 5.72. The van der Waals surface area contributed by atoms with Crippen LogP contribution >= 0.6 is 0 Å². The number of nitrogens with zero attached hydrogens (tertiary/aromatic N) is 3. The molecule has 1 aliphatic rings. The summed E-state index contributed by atoms with van der Waals surface area (Å²) in [6.45, 7) is 4.04. The molecule has 18 heavy (non-hydrogen) atoms. The molecule has 1 atom stereocenters. The Bertz CT molecular complexity index is 365. The molecule has 0 amide bonds. The van der Waals surface area contributed by atoms with Crippen molar-refractivity contribution in [3.8, 4) is 0 Å². The van der Waals surface area contributed by atoms with Crippen molar-refractivity contribution in [2.24, 2.45) is 5.73 Å². The first kappa shape index (κ1) is 13.3. The molecule has 0 aliphatic carbocycles. The van der Waals surface area contributed by atoms with Crippen molar-refractivity contribution in [1.82, 2.24) is 9.97 Å². The van der Waals surface area contributed by atoms with Gasteiger partial charge in [0.05, 0.1) is 0 Å². The van der Waals surface area contributed by atoms with Gasteiger partial charge in [-0.15, -0.1) is 0 Å². The van der Waals surface area contributed by atoms with Crippen molar-refractivity contribution in [2.75, 3.05) is 18.0 Å². The molecular weight excluding hydrogens is 224 g/mol. The van der Waals surface area contributed by atoms with Crippen LogP contribution in [0.2, 0.25) is 0 Å². The molecule has 0 saturated carbocycles. The summed E-state index contributed by atoms with van der Waals surface area (Å²) in [4.78, 5) is 11.2. The minimum Gasteiger partial charge on any atom is -0.353 e. The third-order valence-electron chi connectivity index (χ3n) is 3.64. The van der Waals surface area contributed by atoms with Gasteiger partial charge in [0.25, 0.3) is 0 Å². The molecule has 1 fully saturated rings. The van der Waals surface area contributed by atoms with E-state index in [-0.39, 0.29) is 0 Å². The second kappa shape index (κ2) is 6.69. The Balaban J connectivity index is 2.14.